The Morgan fingerprint density at radius 2 is 1.81 bits per heavy atom. The van der Waals surface area contributed by atoms with E-state index in [0.29, 0.717) is 30.0 Å². The smallest absolute Gasteiger partial charge is 0.399 e. The van der Waals surface area contributed by atoms with Gasteiger partial charge in [-0.3, -0.25) is 0 Å². The van der Waals surface area contributed by atoms with E-state index in [9.17, 15) is 8.42 Å². The van der Waals surface area contributed by atoms with Crippen LogP contribution in [0.1, 0.15) is 65.3 Å². The number of hydrogen-bond donors (Lipinski definition) is 1. The van der Waals surface area contributed by atoms with Crippen molar-refractivity contribution in [1.82, 2.24) is 9.78 Å². The molecule has 0 radical (unpaired) electrons. The third-order valence-corrected chi connectivity index (χ3v) is 9.99. The Hall–Kier alpha value is -1.92. The number of hydrogen-bond acceptors (Lipinski definition) is 8. The van der Waals surface area contributed by atoms with Crippen LogP contribution >= 0.6 is 0 Å². The highest BCUT2D eigenvalue weighted by atomic mass is 32.2. The van der Waals surface area contributed by atoms with Gasteiger partial charge in [0.2, 0.25) is 0 Å². The molecular formula is C25H36BN3O6S. The highest BCUT2D eigenvalue weighted by molar-refractivity contribution is 7.92. The van der Waals surface area contributed by atoms with Gasteiger partial charge in [-0.15, -0.1) is 0 Å². The van der Waals surface area contributed by atoms with Gasteiger partial charge in [0.15, 0.2) is 21.9 Å². The molecule has 3 aliphatic rings. The average Bonchev–Trinajstić information content (AvgIpc) is 3.53. The third-order valence-electron chi connectivity index (χ3n) is 7.78. The van der Waals surface area contributed by atoms with Gasteiger partial charge in [0.1, 0.15) is 0 Å². The minimum absolute atomic E-state index is 0.0710. The number of anilines is 2. The lowest BCUT2D eigenvalue weighted by Crippen LogP contribution is -2.41. The molecule has 2 atom stereocenters. The lowest BCUT2D eigenvalue weighted by atomic mass is 9.79. The number of nitrogens with zero attached hydrogens (tertiary/aromatic N) is 2. The lowest BCUT2D eigenvalue weighted by Gasteiger charge is -2.32. The number of rotatable bonds is 6. The van der Waals surface area contributed by atoms with Gasteiger partial charge < -0.3 is 24.1 Å². The first-order valence-electron chi connectivity index (χ1n) is 12.7. The van der Waals surface area contributed by atoms with Crippen LogP contribution in [0.4, 0.5) is 11.5 Å². The van der Waals surface area contributed by atoms with Crippen molar-refractivity contribution in [2.45, 2.75) is 87.9 Å². The molecule has 11 heteroatoms. The van der Waals surface area contributed by atoms with Gasteiger partial charge in [0.05, 0.1) is 28.0 Å². The number of benzene rings is 1. The predicted molar refractivity (Wildman–Crippen MR) is 138 cm³/mol. The zero-order valence-electron chi connectivity index (χ0n) is 21.7. The second-order valence-electron chi connectivity index (χ2n) is 10.9. The van der Waals surface area contributed by atoms with Crippen molar-refractivity contribution in [3.63, 3.8) is 0 Å². The minimum Gasteiger partial charge on any atom is -0.399 e. The van der Waals surface area contributed by atoms with E-state index in [1.165, 1.54) is 0 Å². The monoisotopic (exact) mass is 517 g/mol. The zero-order chi connectivity index (χ0) is 25.7. The standard InChI is InChI=1S/C25H36BN3O6S/c1-17-14-22(28-29(17)23-8-6-7-12-33-23)27-18-9-10-20(26-34-24(2,3)25(4,5)35-26)21(15-18)36(30,31)19-11-13-32-16-19/h9-10,14-15,19,23H,6-8,11-13,16H2,1-5H3,(H,27,28). The molecule has 2 aromatic rings. The number of aromatic nitrogens is 2. The molecule has 36 heavy (non-hydrogen) atoms. The van der Waals surface area contributed by atoms with E-state index in [1.807, 2.05) is 51.4 Å². The molecule has 1 aromatic carbocycles. The molecule has 0 saturated carbocycles. The molecule has 5 rings (SSSR count). The summed E-state index contributed by atoms with van der Waals surface area (Å²) >= 11 is 0. The van der Waals surface area contributed by atoms with E-state index >= 15 is 0 Å². The van der Waals surface area contributed by atoms with Gasteiger partial charge >= 0.3 is 7.12 Å². The fourth-order valence-corrected chi connectivity index (χ4v) is 6.69. The first kappa shape index (κ1) is 25.7. The van der Waals surface area contributed by atoms with Crippen LogP contribution in [0.25, 0.3) is 0 Å². The van der Waals surface area contributed by atoms with Gasteiger partial charge in [-0.25, -0.2) is 13.1 Å². The molecule has 196 valence electrons. The first-order valence-corrected chi connectivity index (χ1v) is 14.3. The molecule has 0 bridgehead atoms. The predicted octanol–water partition coefficient (Wildman–Crippen LogP) is 3.50. The summed E-state index contributed by atoms with van der Waals surface area (Å²) in [5.41, 5.74) is 0.939. The highest BCUT2D eigenvalue weighted by Crippen LogP contribution is 2.38. The quantitative estimate of drug-likeness (QED) is 0.582. The van der Waals surface area contributed by atoms with Crippen LogP contribution in [-0.4, -0.2) is 61.6 Å². The molecule has 3 fully saturated rings. The topological polar surface area (TPSA) is 101 Å². The van der Waals surface area contributed by atoms with Gasteiger partial charge in [-0.2, -0.15) is 5.10 Å². The van der Waals surface area contributed by atoms with Crippen LogP contribution in [0, 0.1) is 6.92 Å². The Morgan fingerprint density at radius 3 is 2.44 bits per heavy atom. The SMILES string of the molecule is Cc1cc(Nc2ccc(B3OC(C)(C)C(C)(C)O3)c(S(=O)(=O)C3CCOC3)c2)nn1C1CCCCO1. The zero-order valence-corrected chi connectivity index (χ0v) is 22.6. The Morgan fingerprint density at radius 1 is 1.06 bits per heavy atom. The second-order valence-corrected chi connectivity index (χ2v) is 13.1. The fraction of sp³-hybridized carbons (Fsp3) is 0.640. The Labute approximate surface area is 213 Å². The summed E-state index contributed by atoms with van der Waals surface area (Å²) in [4.78, 5) is 0.202. The Balaban J connectivity index is 1.48. The van der Waals surface area contributed by atoms with Crippen LogP contribution in [0.3, 0.4) is 0 Å². The minimum atomic E-state index is -3.69. The van der Waals surface area contributed by atoms with E-state index in [4.69, 9.17) is 23.9 Å². The van der Waals surface area contributed by atoms with Crippen molar-refractivity contribution in [3.05, 3.63) is 30.0 Å². The third kappa shape index (κ3) is 4.72. The molecule has 1 aromatic heterocycles. The van der Waals surface area contributed by atoms with Crippen molar-refractivity contribution in [1.29, 1.82) is 0 Å². The van der Waals surface area contributed by atoms with Crippen molar-refractivity contribution in [2.24, 2.45) is 0 Å². The molecular weight excluding hydrogens is 481 g/mol. The Kier molecular flexibility index (Phi) is 6.74. The van der Waals surface area contributed by atoms with E-state index in [-0.39, 0.29) is 17.7 Å². The molecule has 0 spiro atoms. The van der Waals surface area contributed by atoms with Crippen LogP contribution in [0.2, 0.25) is 0 Å². The normalized spacial score (nSPS) is 25.9. The fourth-order valence-electron chi connectivity index (χ4n) is 4.87. The first-order chi connectivity index (χ1) is 17.0. The number of aryl methyl sites for hydroxylation is 1. The Bertz CT molecular complexity index is 1200. The lowest BCUT2D eigenvalue weighted by molar-refractivity contribution is -0.0404. The number of ether oxygens (including phenoxy) is 2. The summed E-state index contributed by atoms with van der Waals surface area (Å²) in [5.74, 6) is 0.637. The van der Waals surface area contributed by atoms with Crippen LogP contribution in [0.5, 0.6) is 0 Å². The summed E-state index contributed by atoms with van der Waals surface area (Å²) in [5, 5.41) is 7.39. The number of nitrogens with one attached hydrogen (secondary N) is 1. The molecule has 3 saturated heterocycles. The van der Waals surface area contributed by atoms with Crippen LogP contribution < -0.4 is 10.8 Å². The van der Waals surface area contributed by atoms with Crippen LogP contribution in [0.15, 0.2) is 29.2 Å². The van der Waals surface area contributed by atoms with Crippen molar-refractivity contribution in [3.8, 4) is 0 Å². The summed E-state index contributed by atoms with van der Waals surface area (Å²) < 4.78 is 53.1. The summed E-state index contributed by atoms with van der Waals surface area (Å²) in [7, 11) is -4.48. The maximum atomic E-state index is 13.7. The molecule has 3 aliphatic heterocycles. The second kappa shape index (κ2) is 9.43. The molecule has 4 heterocycles. The van der Waals surface area contributed by atoms with Crippen molar-refractivity contribution >= 4 is 33.9 Å². The van der Waals surface area contributed by atoms with Gasteiger partial charge in [0.25, 0.3) is 0 Å². The number of sulfone groups is 1. The average molecular weight is 517 g/mol. The molecule has 1 N–H and O–H groups in total. The molecule has 9 nitrogen and oxygen atoms in total. The van der Waals surface area contributed by atoms with E-state index < -0.39 is 33.4 Å². The van der Waals surface area contributed by atoms with E-state index in [2.05, 4.69) is 5.32 Å². The highest BCUT2D eigenvalue weighted by Gasteiger charge is 2.53. The summed E-state index contributed by atoms with van der Waals surface area (Å²) in [6, 6.07) is 7.23. The van der Waals surface area contributed by atoms with E-state index in [0.717, 1.165) is 31.6 Å². The van der Waals surface area contributed by atoms with Crippen molar-refractivity contribution in [2.75, 3.05) is 25.1 Å². The van der Waals surface area contributed by atoms with Crippen molar-refractivity contribution < 1.29 is 27.2 Å². The van der Waals surface area contributed by atoms with E-state index in [1.54, 1.807) is 12.1 Å². The molecule has 2 unspecified atom stereocenters. The molecule has 0 aliphatic carbocycles. The summed E-state index contributed by atoms with van der Waals surface area (Å²) in [6.07, 6.45) is 3.50. The maximum absolute atomic E-state index is 13.7. The molecule has 0 amide bonds. The largest absolute Gasteiger partial charge is 0.496 e. The van der Waals surface area contributed by atoms with Gasteiger partial charge in [-0.1, -0.05) is 6.07 Å². The van der Waals surface area contributed by atoms with Gasteiger partial charge in [-0.05, 0) is 72.4 Å². The summed E-state index contributed by atoms with van der Waals surface area (Å²) in [6.45, 7) is 11.2. The van der Waals surface area contributed by atoms with Crippen LogP contribution in [-0.2, 0) is 28.6 Å². The maximum Gasteiger partial charge on any atom is 0.496 e. The van der Waals surface area contributed by atoms with Gasteiger partial charge in [0, 0.05) is 36.1 Å².